The molecule has 0 bridgehead atoms. The summed E-state index contributed by atoms with van der Waals surface area (Å²) in [5, 5.41) is 4.66. The normalized spacial score (nSPS) is 11.4. The van der Waals surface area contributed by atoms with E-state index >= 15 is 0 Å². The molecule has 0 aliphatic carbocycles. The molecule has 5 nitrogen and oxygen atoms in total. The molecule has 0 fully saturated rings. The first-order valence-corrected chi connectivity index (χ1v) is 7.96. The van der Waals surface area contributed by atoms with Gasteiger partial charge < -0.3 is 4.74 Å². The number of hydrogen-bond donors (Lipinski definition) is 0. The Morgan fingerprint density at radius 1 is 1.27 bits per heavy atom. The maximum Gasteiger partial charge on any atom is 0.160 e. The lowest BCUT2D eigenvalue weighted by Crippen LogP contribution is -2.10. The number of hydrogen-bond acceptors (Lipinski definition) is 4. The van der Waals surface area contributed by atoms with Crippen LogP contribution in [0.4, 0.5) is 0 Å². The number of rotatable bonds is 7. The van der Waals surface area contributed by atoms with E-state index < -0.39 is 0 Å². The van der Waals surface area contributed by atoms with Crippen molar-refractivity contribution in [3.8, 4) is 11.4 Å². The van der Waals surface area contributed by atoms with Crippen molar-refractivity contribution in [2.75, 3.05) is 13.2 Å². The van der Waals surface area contributed by atoms with Gasteiger partial charge in [0.2, 0.25) is 0 Å². The van der Waals surface area contributed by atoms with Gasteiger partial charge in [-0.25, -0.2) is 9.67 Å². The molecule has 0 saturated carbocycles. The monoisotopic (exact) mass is 302 g/mol. The zero-order valence-electron chi connectivity index (χ0n) is 14.3. The summed E-state index contributed by atoms with van der Waals surface area (Å²) >= 11 is 0. The summed E-state index contributed by atoms with van der Waals surface area (Å²) in [7, 11) is 0. The van der Waals surface area contributed by atoms with Crippen molar-refractivity contribution < 1.29 is 4.74 Å². The molecule has 0 atom stereocenters. The van der Waals surface area contributed by atoms with Gasteiger partial charge in [0, 0.05) is 30.5 Å². The summed E-state index contributed by atoms with van der Waals surface area (Å²) in [6.45, 7) is 12.5. The molecule has 2 rings (SSSR count). The molecule has 5 heteroatoms. The lowest BCUT2D eigenvalue weighted by atomic mass is 10.1. The van der Waals surface area contributed by atoms with Crippen LogP contribution in [0.3, 0.4) is 0 Å². The Morgan fingerprint density at radius 2 is 2.05 bits per heavy atom. The van der Waals surface area contributed by atoms with Crippen molar-refractivity contribution >= 4 is 0 Å². The molecule has 120 valence electrons. The summed E-state index contributed by atoms with van der Waals surface area (Å²) in [4.78, 5) is 9.16. The van der Waals surface area contributed by atoms with Crippen molar-refractivity contribution in [2.24, 2.45) is 5.92 Å². The summed E-state index contributed by atoms with van der Waals surface area (Å²) in [6.07, 6.45) is 2.78. The first-order valence-electron chi connectivity index (χ1n) is 7.96. The van der Waals surface area contributed by atoms with Crippen LogP contribution in [0.2, 0.25) is 0 Å². The van der Waals surface area contributed by atoms with E-state index in [1.807, 2.05) is 24.7 Å². The lowest BCUT2D eigenvalue weighted by molar-refractivity contribution is 0.136. The molecule has 0 radical (unpaired) electrons. The van der Waals surface area contributed by atoms with E-state index in [2.05, 4.69) is 36.9 Å². The third-order valence-electron chi connectivity index (χ3n) is 3.45. The largest absolute Gasteiger partial charge is 0.380 e. The van der Waals surface area contributed by atoms with Gasteiger partial charge in [-0.05, 0) is 38.3 Å². The number of nitrogens with zero attached hydrogens (tertiary/aromatic N) is 4. The molecule has 0 aliphatic rings. The Hall–Kier alpha value is -1.75. The highest BCUT2D eigenvalue weighted by Gasteiger charge is 2.15. The number of pyridine rings is 1. The molecule has 0 amide bonds. The van der Waals surface area contributed by atoms with Crippen molar-refractivity contribution in [3.63, 3.8) is 0 Å². The SMILES string of the molecule is CCOCCn1nc(CC(C)C)nc1-c1cnc(C)cc1C. The van der Waals surface area contributed by atoms with Gasteiger partial charge >= 0.3 is 0 Å². The zero-order valence-corrected chi connectivity index (χ0v) is 14.3. The maximum atomic E-state index is 5.46. The van der Waals surface area contributed by atoms with E-state index in [0.29, 0.717) is 25.7 Å². The van der Waals surface area contributed by atoms with Crippen molar-refractivity contribution in [3.05, 3.63) is 29.3 Å². The summed E-state index contributed by atoms with van der Waals surface area (Å²) < 4.78 is 7.41. The standard InChI is InChI=1S/C17H26N4O/c1-6-22-8-7-21-17(19-16(20-21)9-12(2)3)15-11-18-14(5)10-13(15)4/h10-12H,6-9H2,1-5H3. The van der Waals surface area contributed by atoms with Crippen LogP contribution in [0.25, 0.3) is 11.4 Å². The van der Waals surface area contributed by atoms with Gasteiger partial charge in [-0.2, -0.15) is 5.10 Å². The van der Waals surface area contributed by atoms with Gasteiger partial charge in [-0.15, -0.1) is 0 Å². The minimum atomic E-state index is 0.535. The molecule has 2 aromatic rings. The van der Waals surface area contributed by atoms with Crippen molar-refractivity contribution in [1.29, 1.82) is 0 Å². The van der Waals surface area contributed by atoms with Gasteiger partial charge in [-0.3, -0.25) is 4.98 Å². The minimum absolute atomic E-state index is 0.535. The highest BCUT2D eigenvalue weighted by atomic mass is 16.5. The first kappa shape index (κ1) is 16.6. The highest BCUT2D eigenvalue weighted by Crippen LogP contribution is 2.22. The fourth-order valence-electron chi connectivity index (χ4n) is 2.42. The first-order chi connectivity index (χ1) is 10.5. The molecule has 0 aromatic carbocycles. The topological polar surface area (TPSA) is 52.8 Å². The Bertz CT molecular complexity index is 619. The van der Waals surface area contributed by atoms with Crippen molar-refractivity contribution in [1.82, 2.24) is 19.7 Å². The Labute approximate surface area is 132 Å². The van der Waals surface area contributed by atoms with E-state index in [1.54, 1.807) is 0 Å². The van der Waals surface area contributed by atoms with E-state index in [9.17, 15) is 0 Å². The molecule has 2 heterocycles. The number of aromatic nitrogens is 4. The number of aryl methyl sites for hydroxylation is 2. The van der Waals surface area contributed by atoms with Crippen LogP contribution < -0.4 is 0 Å². The molecule has 0 unspecified atom stereocenters. The zero-order chi connectivity index (χ0) is 16.1. The number of ether oxygens (including phenoxy) is 1. The van der Waals surface area contributed by atoms with E-state index in [4.69, 9.17) is 9.72 Å². The second-order valence-corrected chi connectivity index (χ2v) is 6.01. The molecule has 2 aromatic heterocycles. The predicted molar refractivity (Wildman–Crippen MR) is 87.8 cm³/mol. The van der Waals surface area contributed by atoms with Crippen LogP contribution in [-0.2, 0) is 17.7 Å². The van der Waals surface area contributed by atoms with E-state index in [-0.39, 0.29) is 0 Å². The van der Waals surface area contributed by atoms with Crippen LogP contribution in [0.5, 0.6) is 0 Å². The van der Waals surface area contributed by atoms with E-state index in [0.717, 1.165) is 29.3 Å². The fourth-order valence-corrected chi connectivity index (χ4v) is 2.42. The third kappa shape index (κ3) is 4.13. The van der Waals surface area contributed by atoms with Gasteiger partial charge in [-0.1, -0.05) is 13.8 Å². The maximum absolute atomic E-state index is 5.46. The van der Waals surface area contributed by atoms with Crippen molar-refractivity contribution in [2.45, 2.75) is 47.6 Å². The van der Waals surface area contributed by atoms with Gasteiger partial charge in [0.15, 0.2) is 11.6 Å². The van der Waals surface area contributed by atoms with Gasteiger partial charge in [0.05, 0.1) is 13.2 Å². The predicted octanol–water partition coefficient (Wildman–Crippen LogP) is 3.19. The third-order valence-corrected chi connectivity index (χ3v) is 3.45. The van der Waals surface area contributed by atoms with Crippen LogP contribution in [0, 0.1) is 19.8 Å². The van der Waals surface area contributed by atoms with Gasteiger partial charge in [0.25, 0.3) is 0 Å². The second kappa shape index (κ2) is 7.49. The molecular weight excluding hydrogens is 276 g/mol. The summed E-state index contributed by atoms with van der Waals surface area (Å²) in [5.41, 5.74) is 3.24. The molecule has 0 aliphatic heterocycles. The Kier molecular flexibility index (Phi) is 5.66. The van der Waals surface area contributed by atoms with Crippen LogP contribution in [0.15, 0.2) is 12.3 Å². The Morgan fingerprint density at radius 3 is 2.68 bits per heavy atom. The van der Waals surface area contributed by atoms with Crippen LogP contribution >= 0.6 is 0 Å². The average molecular weight is 302 g/mol. The smallest absolute Gasteiger partial charge is 0.160 e. The molecule has 22 heavy (non-hydrogen) atoms. The minimum Gasteiger partial charge on any atom is -0.380 e. The highest BCUT2D eigenvalue weighted by molar-refractivity contribution is 5.59. The molecule has 0 N–H and O–H groups in total. The molecule has 0 saturated heterocycles. The fraction of sp³-hybridized carbons (Fsp3) is 0.588. The van der Waals surface area contributed by atoms with Crippen LogP contribution in [0.1, 0.15) is 37.9 Å². The summed E-state index contributed by atoms with van der Waals surface area (Å²) in [5.74, 6) is 2.31. The average Bonchev–Trinajstić information content (AvgIpc) is 2.81. The summed E-state index contributed by atoms with van der Waals surface area (Å²) in [6, 6.07) is 2.08. The molecular formula is C17H26N4O. The Balaban J connectivity index is 2.35. The second-order valence-electron chi connectivity index (χ2n) is 6.01. The van der Waals surface area contributed by atoms with E-state index in [1.165, 1.54) is 5.56 Å². The van der Waals surface area contributed by atoms with Gasteiger partial charge in [0.1, 0.15) is 0 Å². The molecule has 0 spiro atoms. The quantitative estimate of drug-likeness (QED) is 0.737. The lowest BCUT2D eigenvalue weighted by Gasteiger charge is -2.08. The van der Waals surface area contributed by atoms with Crippen LogP contribution in [-0.4, -0.2) is 33.0 Å².